The largest absolute Gasteiger partial charge is 0.339 e. The van der Waals surface area contributed by atoms with Crippen LogP contribution in [0.2, 0.25) is 10.0 Å². The molecule has 1 aromatic carbocycles. The van der Waals surface area contributed by atoms with E-state index in [0.717, 1.165) is 44.7 Å². The molecule has 1 aliphatic rings. The number of imidazole rings is 1. The minimum absolute atomic E-state index is 0.00741. The van der Waals surface area contributed by atoms with Gasteiger partial charge >= 0.3 is 0 Å². The normalized spacial score (nSPS) is 15.7. The molecular weight excluding hydrogens is 345 g/mol. The Morgan fingerprint density at radius 1 is 1.29 bits per heavy atom. The maximum atomic E-state index is 12.6. The predicted octanol–water partition coefficient (Wildman–Crippen LogP) is 4.30. The number of halogens is 2. The molecule has 0 unspecified atom stereocenters. The van der Waals surface area contributed by atoms with E-state index in [9.17, 15) is 4.79 Å². The molecule has 0 saturated carbocycles. The van der Waals surface area contributed by atoms with E-state index < -0.39 is 0 Å². The third-order valence-corrected chi connectivity index (χ3v) is 5.18. The number of piperidine rings is 1. The van der Waals surface area contributed by atoms with Gasteiger partial charge in [0, 0.05) is 43.5 Å². The summed E-state index contributed by atoms with van der Waals surface area (Å²) in [6.07, 6.45) is 6.85. The first kappa shape index (κ1) is 17.3. The first-order chi connectivity index (χ1) is 11.6. The average molecular weight is 366 g/mol. The number of aryl methyl sites for hydroxylation is 1. The van der Waals surface area contributed by atoms with E-state index in [2.05, 4.69) is 16.5 Å². The maximum Gasteiger partial charge on any atom is 0.255 e. The molecule has 1 aliphatic heterocycles. The van der Waals surface area contributed by atoms with Crippen LogP contribution in [0.25, 0.3) is 0 Å². The number of likely N-dealkylation sites (tertiary alicyclic amines) is 1. The lowest BCUT2D eigenvalue weighted by molar-refractivity contribution is 0.0682. The van der Waals surface area contributed by atoms with Crippen LogP contribution in [0.3, 0.4) is 0 Å². The molecule has 0 N–H and O–H groups in total. The van der Waals surface area contributed by atoms with Crippen LogP contribution in [-0.2, 0) is 13.0 Å². The molecule has 0 radical (unpaired) electrons. The zero-order valence-corrected chi connectivity index (χ0v) is 15.2. The zero-order chi connectivity index (χ0) is 17.1. The highest BCUT2D eigenvalue weighted by atomic mass is 35.5. The van der Waals surface area contributed by atoms with Gasteiger partial charge in [-0.2, -0.15) is 0 Å². The standard InChI is InChI=1S/C18H21Cl2N3O/c1-2-17-21-7-10-23(17)12-13-5-8-22(9-6-13)18(24)15-4-3-14(19)11-16(15)20/h3-4,7,10-11,13H,2,5-6,8-9,12H2,1H3. The fraction of sp³-hybridized carbons (Fsp3) is 0.444. The quantitative estimate of drug-likeness (QED) is 0.809. The summed E-state index contributed by atoms with van der Waals surface area (Å²) in [6, 6.07) is 5.03. The molecule has 4 nitrogen and oxygen atoms in total. The summed E-state index contributed by atoms with van der Waals surface area (Å²) in [5.74, 6) is 1.70. The van der Waals surface area contributed by atoms with Gasteiger partial charge in [-0.25, -0.2) is 4.98 Å². The van der Waals surface area contributed by atoms with Crippen LogP contribution in [0.1, 0.15) is 35.9 Å². The molecule has 128 valence electrons. The van der Waals surface area contributed by atoms with Crippen molar-refractivity contribution in [2.24, 2.45) is 5.92 Å². The van der Waals surface area contributed by atoms with Crippen molar-refractivity contribution in [3.05, 3.63) is 52.0 Å². The van der Waals surface area contributed by atoms with Gasteiger partial charge in [0.05, 0.1) is 10.6 Å². The molecule has 1 fully saturated rings. The molecule has 24 heavy (non-hydrogen) atoms. The van der Waals surface area contributed by atoms with Gasteiger partial charge in [-0.1, -0.05) is 30.1 Å². The number of aromatic nitrogens is 2. The number of rotatable bonds is 4. The number of carbonyl (C=O) groups excluding carboxylic acids is 1. The van der Waals surface area contributed by atoms with Gasteiger partial charge in [0.25, 0.3) is 5.91 Å². The maximum absolute atomic E-state index is 12.6. The van der Waals surface area contributed by atoms with E-state index >= 15 is 0 Å². The topological polar surface area (TPSA) is 38.1 Å². The molecule has 0 bridgehead atoms. The van der Waals surface area contributed by atoms with Crippen molar-refractivity contribution >= 4 is 29.1 Å². The number of carbonyl (C=O) groups is 1. The molecule has 0 aliphatic carbocycles. The lowest BCUT2D eigenvalue weighted by atomic mass is 9.96. The van der Waals surface area contributed by atoms with Crippen molar-refractivity contribution in [3.8, 4) is 0 Å². The Labute approximate surface area is 152 Å². The highest BCUT2D eigenvalue weighted by molar-refractivity contribution is 6.36. The van der Waals surface area contributed by atoms with Gasteiger partial charge in [-0.05, 0) is 37.0 Å². The van der Waals surface area contributed by atoms with Crippen molar-refractivity contribution in [2.45, 2.75) is 32.7 Å². The Morgan fingerprint density at radius 3 is 2.71 bits per heavy atom. The van der Waals surface area contributed by atoms with Crippen LogP contribution >= 0.6 is 23.2 Å². The first-order valence-corrected chi connectivity index (χ1v) is 9.08. The zero-order valence-electron chi connectivity index (χ0n) is 13.7. The van der Waals surface area contributed by atoms with Gasteiger partial charge in [-0.15, -0.1) is 0 Å². The molecule has 3 rings (SSSR count). The van der Waals surface area contributed by atoms with Crippen molar-refractivity contribution in [1.29, 1.82) is 0 Å². The van der Waals surface area contributed by atoms with Crippen molar-refractivity contribution in [2.75, 3.05) is 13.1 Å². The average Bonchev–Trinajstić information content (AvgIpc) is 3.02. The van der Waals surface area contributed by atoms with Gasteiger partial charge < -0.3 is 9.47 Å². The van der Waals surface area contributed by atoms with E-state index in [0.29, 0.717) is 21.5 Å². The fourth-order valence-electron chi connectivity index (χ4n) is 3.25. The molecule has 1 amide bonds. The monoisotopic (exact) mass is 365 g/mol. The lowest BCUT2D eigenvalue weighted by Crippen LogP contribution is -2.39. The Hall–Kier alpha value is -1.52. The second kappa shape index (κ2) is 7.58. The van der Waals surface area contributed by atoms with E-state index in [1.807, 2.05) is 17.3 Å². The lowest BCUT2D eigenvalue weighted by Gasteiger charge is -2.32. The number of hydrogen-bond acceptors (Lipinski definition) is 2. The SMILES string of the molecule is CCc1nccn1CC1CCN(C(=O)c2ccc(Cl)cc2Cl)CC1. The summed E-state index contributed by atoms with van der Waals surface area (Å²) in [5, 5.41) is 0.961. The minimum Gasteiger partial charge on any atom is -0.339 e. The summed E-state index contributed by atoms with van der Waals surface area (Å²) < 4.78 is 2.23. The van der Waals surface area contributed by atoms with Gasteiger partial charge in [0.2, 0.25) is 0 Å². The number of hydrogen-bond donors (Lipinski definition) is 0. The number of nitrogens with zero attached hydrogens (tertiary/aromatic N) is 3. The van der Waals surface area contributed by atoms with E-state index in [1.54, 1.807) is 18.2 Å². The molecule has 1 aromatic heterocycles. The van der Waals surface area contributed by atoms with Crippen LogP contribution in [0.4, 0.5) is 0 Å². The summed E-state index contributed by atoms with van der Waals surface area (Å²) in [7, 11) is 0. The highest BCUT2D eigenvalue weighted by Gasteiger charge is 2.25. The molecular formula is C18H21Cl2N3O. The predicted molar refractivity (Wildman–Crippen MR) is 96.7 cm³/mol. The Balaban J connectivity index is 1.59. The van der Waals surface area contributed by atoms with Gasteiger partial charge in [0.1, 0.15) is 5.82 Å². The molecule has 2 aromatic rings. The second-order valence-corrected chi connectivity index (χ2v) is 7.05. The molecule has 6 heteroatoms. The first-order valence-electron chi connectivity index (χ1n) is 8.32. The fourth-order valence-corrected chi connectivity index (χ4v) is 3.74. The molecule has 1 saturated heterocycles. The second-order valence-electron chi connectivity index (χ2n) is 6.21. The highest BCUT2D eigenvalue weighted by Crippen LogP contribution is 2.25. The minimum atomic E-state index is -0.00741. The third kappa shape index (κ3) is 3.76. The van der Waals surface area contributed by atoms with E-state index in [-0.39, 0.29) is 5.91 Å². The summed E-state index contributed by atoms with van der Waals surface area (Å²) >= 11 is 12.1. The Kier molecular flexibility index (Phi) is 5.47. The van der Waals surface area contributed by atoms with Crippen LogP contribution in [-0.4, -0.2) is 33.4 Å². The van der Waals surface area contributed by atoms with Crippen LogP contribution in [0.15, 0.2) is 30.6 Å². The molecule has 2 heterocycles. The summed E-state index contributed by atoms with van der Waals surface area (Å²) in [5.41, 5.74) is 0.530. The van der Waals surface area contributed by atoms with Gasteiger partial charge in [0.15, 0.2) is 0 Å². The van der Waals surface area contributed by atoms with Crippen molar-refractivity contribution in [3.63, 3.8) is 0 Å². The number of benzene rings is 1. The summed E-state index contributed by atoms with van der Waals surface area (Å²) in [6.45, 7) is 4.63. The van der Waals surface area contributed by atoms with Crippen molar-refractivity contribution < 1.29 is 4.79 Å². The Bertz CT molecular complexity index is 721. The molecule has 0 atom stereocenters. The number of amides is 1. The van der Waals surface area contributed by atoms with Crippen LogP contribution in [0, 0.1) is 5.92 Å². The summed E-state index contributed by atoms with van der Waals surface area (Å²) in [4.78, 5) is 18.9. The van der Waals surface area contributed by atoms with Crippen LogP contribution < -0.4 is 0 Å². The van der Waals surface area contributed by atoms with Crippen LogP contribution in [0.5, 0.6) is 0 Å². The van der Waals surface area contributed by atoms with E-state index in [1.165, 1.54) is 0 Å². The smallest absolute Gasteiger partial charge is 0.255 e. The van der Waals surface area contributed by atoms with Crippen molar-refractivity contribution in [1.82, 2.24) is 14.5 Å². The third-order valence-electron chi connectivity index (χ3n) is 4.64. The van der Waals surface area contributed by atoms with Gasteiger partial charge in [-0.3, -0.25) is 4.79 Å². The Morgan fingerprint density at radius 2 is 2.04 bits per heavy atom. The molecule has 0 spiro atoms. The van der Waals surface area contributed by atoms with E-state index in [4.69, 9.17) is 23.2 Å².